The Morgan fingerprint density at radius 1 is 1.12 bits per heavy atom. The normalized spacial score (nSPS) is 26.1. The van der Waals surface area contributed by atoms with Gasteiger partial charge in [-0.3, -0.25) is 14.6 Å². The van der Waals surface area contributed by atoms with Crippen molar-refractivity contribution in [2.45, 2.75) is 26.4 Å². The van der Waals surface area contributed by atoms with Crippen molar-refractivity contribution in [1.82, 2.24) is 14.7 Å². The van der Waals surface area contributed by atoms with Crippen LogP contribution in [0, 0.1) is 17.6 Å². The average Bonchev–Trinajstić information content (AvgIpc) is 2.91. The summed E-state index contributed by atoms with van der Waals surface area (Å²) in [4.78, 5) is 18.1. The van der Waals surface area contributed by atoms with E-state index in [0.717, 1.165) is 44.8 Å². The zero-order chi connectivity index (χ0) is 17.3. The van der Waals surface area contributed by atoms with Crippen molar-refractivity contribution in [1.29, 1.82) is 0 Å². The Kier molecular flexibility index (Phi) is 5.15. The van der Waals surface area contributed by atoms with Gasteiger partial charge in [-0.1, -0.05) is 13.0 Å². The third-order valence-electron chi connectivity index (χ3n) is 5.27. The molecular weight excluding hydrogens is 312 g/mol. The fourth-order valence-electron chi connectivity index (χ4n) is 3.92. The minimum atomic E-state index is -0.797. The van der Waals surface area contributed by atoms with Gasteiger partial charge in [-0.2, -0.15) is 0 Å². The SMILES string of the molecule is CC(=O)N1CCN(C2CN(Cc3ccc(F)c(F)c3)CC2C)CC1. The lowest BCUT2D eigenvalue weighted by atomic mass is 10.0. The lowest BCUT2D eigenvalue weighted by molar-refractivity contribution is -0.130. The molecule has 1 aromatic carbocycles. The zero-order valence-corrected chi connectivity index (χ0v) is 14.3. The van der Waals surface area contributed by atoms with E-state index in [0.29, 0.717) is 18.5 Å². The summed E-state index contributed by atoms with van der Waals surface area (Å²) in [6.07, 6.45) is 0. The number of amides is 1. The Balaban J connectivity index is 1.56. The van der Waals surface area contributed by atoms with Crippen LogP contribution in [-0.2, 0) is 11.3 Å². The van der Waals surface area contributed by atoms with Crippen LogP contribution in [-0.4, -0.2) is 65.9 Å². The van der Waals surface area contributed by atoms with Gasteiger partial charge >= 0.3 is 0 Å². The molecule has 4 nitrogen and oxygen atoms in total. The predicted molar refractivity (Wildman–Crippen MR) is 88.4 cm³/mol. The summed E-state index contributed by atoms with van der Waals surface area (Å²) in [5.74, 6) is -0.903. The molecule has 24 heavy (non-hydrogen) atoms. The molecule has 2 aliphatic rings. The van der Waals surface area contributed by atoms with Gasteiger partial charge in [0.05, 0.1) is 0 Å². The number of piperazine rings is 1. The van der Waals surface area contributed by atoms with E-state index in [1.807, 2.05) is 4.90 Å². The lowest BCUT2D eigenvalue weighted by Crippen LogP contribution is -2.53. The topological polar surface area (TPSA) is 26.8 Å². The van der Waals surface area contributed by atoms with Gasteiger partial charge in [-0.15, -0.1) is 0 Å². The summed E-state index contributed by atoms with van der Waals surface area (Å²) >= 11 is 0. The van der Waals surface area contributed by atoms with Gasteiger partial charge in [0.25, 0.3) is 0 Å². The Morgan fingerprint density at radius 2 is 1.83 bits per heavy atom. The molecule has 6 heteroatoms. The fraction of sp³-hybridized carbons (Fsp3) is 0.611. The molecule has 2 atom stereocenters. The van der Waals surface area contributed by atoms with Crippen molar-refractivity contribution in [3.8, 4) is 0 Å². The van der Waals surface area contributed by atoms with Gasteiger partial charge < -0.3 is 4.90 Å². The van der Waals surface area contributed by atoms with E-state index in [9.17, 15) is 13.6 Å². The first-order chi connectivity index (χ1) is 11.4. The van der Waals surface area contributed by atoms with Crippen LogP contribution in [0.2, 0.25) is 0 Å². The van der Waals surface area contributed by atoms with Gasteiger partial charge in [0.15, 0.2) is 11.6 Å². The third kappa shape index (κ3) is 3.75. The second kappa shape index (κ2) is 7.15. The highest BCUT2D eigenvalue weighted by atomic mass is 19.2. The average molecular weight is 337 g/mol. The van der Waals surface area contributed by atoms with Gasteiger partial charge in [-0.25, -0.2) is 8.78 Å². The standard InChI is InChI=1S/C18H25F2N3O/c1-13-10-21(11-15-3-4-16(19)17(20)9-15)12-18(13)23-7-5-22(6-8-23)14(2)24/h3-4,9,13,18H,5-8,10-12H2,1-2H3. The number of rotatable bonds is 3. The van der Waals surface area contributed by atoms with Crippen molar-refractivity contribution in [2.24, 2.45) is 5.92 Å². The molecule has 0 aromatic heterocycles. The highest BCUT2D eigenvalue weighted by Gasteiger charge is 2.35. The van der Waals surface area contributed by atoms with Crippen LogP contribution in [0.25, 0.3) is 0 Å². The minimum absolute atomic E-state index is 0.147. The molecule has 2 saturated heterocycles. The van der Waals surface area contributed by atoms with E-state index in [1.54, 1.807) is 13.0 Å². The molecular formula is C18H25F2N3O. The van der Waals surface area contributed by atoms with Crippen LogP contribution in [0.5, 0.6) is 0 Å². The van der Waals surface area contributed by atoms with E-state index < -0.39 is 11.6 Å². The second-order valence-corrected chi connectivity index (χ2v) is 7.03. The number of benzene rings is 1. The third-order valence-corrected chi connectivity index (χ3v) is 5.27. The molecule has 3 rings (SSSR count). The Labute approximate surface area is 142 Å². The molecule has 1 aromatic rings. The summed E-state index contributed by atoms with van der Waals surface area (Å²) in [6, 6.07) is 4.60. The first kappa shape index (κ1) is 17.3. The number of hydrogen-bond donors (Lipinski definition) is 0. The summed E-state index contributed by atoms with van der Waals surface area (Å²) < 4.78 is 26.4. The Bertz CT molecular complexity index is 602. The molecule has 0 radical (unpaired) electrons. The predicted octanol–water partition coefficient (Wildman–Crippen LogP) is 1.95. The van der Waals surface area contributed by atoms with E-state index >= 15 is 0 Å². The van der Waals surface area contributed by atoms with Crippen molar-refractivity contribution < 1.29 is 13.6 Å². The van der Waals surface area contributed by atoms with Crippen molar-refractivity contribution >= 4 is 5.91 Å². The van der Waals surface area contributed by atoms with E-state index in [2.05, 4.69) is 16.7 Å². The van der Waals surface area contributed by atoms with Crippen LogP contribution in [0.3, 0.4) is 0 Å². The molecule has 1 amide bonds. The van der Waals surface area contributed by atoms with Gasteiger partial charge in [0, 0.05) is 58.8 Å². The summed E-state index contributed by atoms with van der Waals surface area (Å²) in [5.41, 5.74) is 0.808. The highest BCUT2D eigenvalue weighted by molar-refractivity contribution is 5.73. The van der Waals surface area contributed by atoms with E-state index in [1.165, 1.54) is 12.1 Å². The number of hydrogen-bond acceptors (Lipinski definition) is 3. The highest BCUT2D eigenvalue weighted by Crippen LogP contribution is 2.25. The maximum absolute atomic E-state index is 13.4. The number of nitrogens with zero attached hydrogens (tertiary/aromatic N) is 3. The monoisotopic (exact) mass is 337 g/mol. The van der Waals surface area contributed by atoms with Crippen molar-refractivity contribution in [2.75, 3.05) is 39.3 Å². The Hall–Kier alpha value is -1.53. The largest absolute Gasteiger partial charge is 0.340 e. The molecule has 2 aliphatic heterocycles. The lowest BCUT2D eigenvalue weighted by Gasteiger charge is -2.39. The molecule has 2 unspecified atom stereocenters. The first-order valence-electron chi connectivity index (χ1n) is 8.60. The molecule has 0 aliphatic carbocycles. The Morgan fingerprint density at radius 3 is 2.46 bits per heavy atom. The number of halogens is 2. The van der Waals surface area contributed by atoms with Gasteiger partial charge in [0.1, 0.15) is 0 Å². The maximum Gasteiger partial charge on any atom is 0.219 e. The molecule has 0 bridgehead atoms. The first-order valence-corrected chi connectivity index (χ1v) is 8.60. The van der Waals surface area contributed by atoms with Crippen LogP contribution < -0.4 is 0 Å². The number of carbonyl (C=O) groups excluding carboxylic acids is 1. The van der Waals surface area contributed by atoms with Crippen molar-refractivity contribution in [3.63, 3.8) is 0 Å². The molecule has 2 heterocycles. The van der Waals surface area contributed by atoms with E-state index in [4.69, 9.17) is 0 Å². The van der Waals surface area contributed by atoms with Gasteiger partial charge in [0.2, 0.25) is 5.91 Å². The molecule has 0 saturated carbocycles. The van der Waals surface area contributed by atoms with E-state index in [-0.39, 0.29) is 5.91 Å². The van der Waals surface area contributed by atoms with Crippen LogP contribution >= 0.6 is 0 Å². The molecule has 132 valence electrons. The molecule has 0 N–H and O–H groups in total. The summed E-state index contributed by atoms with van der Waals surface area (Å²) in [6.45, 7) is 9.80. The van der Waals surface area contributed by atoms with Crippen LogP contribution in [0.1, 0.15) is 19.4 Å². The zero-order valence-electron chi connectivity index (χ0n) is 14.3. The quantitative estimate of drug-likeness (QED) is 0.843. The second-order valence-electron chi connectivity index (χ2n) is 7.03. The smallest absolute Gasteiger partial charge is 0.219 e. The maximum atomic E-state index is 13.4. The van der Waals surface area contributed by atoms with Crippen molar-refractivity contribution in [3.05, 3.63) is 35.4 Å². The van der Waals surface area contributed by atoms with Crippen LogP contribution in [0.15, 0.2) is 18.2 Å². The van der Waals surface area contributed by atoms with Gasteiger partial charge in [-0.05, 0) is 23.6 Å². The molecule has 0 spiro atoms. The summed E-state index contributed by atoms with van der Waals surface area (Å²) in [7, 11) is 0. The van der Waals surface area contributed by atoms with Crippen LogP contribution in [0.4, 0.5) is 8.78 Å². The minimum Gasteiger partial charge on any atom is -0.340 e. The molecule has 2 fully saturated rings. The number of carbonyl (C=O) groups is 1. The fourth-order valence-corrected chi connectivity index (χ4v) is 3.92. The summed E-state index contributed by atoms with van der Waals surface area (Å²) in [5, 5.41) is 0. The number of likely N-dealkylation sites (tertiary alicyclic amines) is 1.